The summed E-state index contributed by atoms with van der Waals surface area (Å²) in [5.74, 6) is 3.35. The van der Waals surface area contributed by atoms with Crippen molar-refractivity contribution in [3.63, 3.8) is 0 Å². The maximum Gasteiger partial charge on any atom is 0.179 e. The lowest BCUT2D eigenvalue weighted by Crippen LogP contribution is -2.74. The first kappa shape index (κ1) is 39.8. The highest BCUT2D eigenvalue weighted by Gasteiger charge is 2.42. The Kier molecular flexibility index (Phi) is 11.2. The van der Waals surface area contributed by atoms with Gasteiger partial charge in [-0.1, -0.05) is 201 Å². The zero-order valence-electron chi connectivity index (χ0n) is 35.8. The van der Waals surface area contributed by atoms with E-state index in [4.69, 9.17) is 9.97 Å². The lowest BCUT2D eigenvalue weighted by Gasteiger charge is -2.35. The molecule has 0 fully saturated rings. The Balaban J connectivity index is 1.37. The van der Waals surface area contributed by atoms with E-state index in [0.717, 1.165) is 22.8 Å². The average molecular weight is 789 g/mol. The van der Waals surface area contributed by atoms with E-state index in [9.17, 15) is 0 Å². The Hall–Kier alpha value is -6.04. The molecule has 2 aromatic heterocycles. The number of para-hydroxylation sites is 2. The van der Waals surface area contributed by atoms with Crippen molar-refractivity contribution >= 4 is 28.8 Å². The molecule has 0 radical (unpaired) electrons. The number of imidazole rings is 2. The minimum Gasteiger partial charge on any atom is -0.299 e. The summed E-state index contributed by atoms with van der Waals surface area (Å²) in [6.07, 6.45) is 8.19. The summed E-state index contributed by atoms with van der Waals surface area (Å²) in [6.45, 7) is 18.3. The van der Waals surface area contributed by atoms with E-state index in [1.54, 1.807) is 0 Å². The van der Waals surface area contributed by atoms with Crippen molar-refractivity contribution in [3.05, 3.63) is 193 Å². The minimum absolute atomic E-state index is 0.361. The van der Waals surface area contributed by atoms with Crippen molar-refractivity contribution < 1.29 is 0 Å². The van der Waals surface area contributed by atoms with Crippen LogP contribution in [0.1, 0.15) is 101 Å². The first-order valence-electron chi connectivity index (χ1n) is 21.3. The SMILES string of the molecule is CC(C)c1cccc(C(C)C)c1-n1ccnc1-c1cccc([Si](c2ccccc2)(c2ccccc2)c2cccc(-c3nccn3-c3c(C(C)C)cccc3C(C)C)c2)c1. The van der Waals surface area contributed by atoms with Crippen LogP contribution < -0.4 is 20.7 Å². The van der Waals surface area contributed by atoms with Gasteiger partial charge in [0.2, 0.25) is 0 Å². The molecule has 0 aliphatic rings. The third-order valence-electron chi connectivity index (χ3n) is 12.0. The van der Waals surface area contributed by atoms with Crippen LogP contribution in [0.25, 0.3) is 34.2 Å². The molecule has 0 N–H and O–H groups in total. The highest BCUT2D eigenvalue weighted by atomic mass is 28.3. The van der Waals surface area contributed by atoms with Crippen molar-refractivity contribution in [3.8, 4) is 34.2 Å². The van der Waals surface area contributed by atoms with Gasteiger partial charge in [0.25, 0.3) is 0 Å². The van der Waals surface area contributed by atoms with Gasteiger partial charge in [0.1, 0.15) is 11.6 Å². The van der Waals surface area contributed by atoms with Crippen LogP contribution in [0, 0.1) is 0 Å². The molecule has 59 heavy (non-hydrogen) atoms. The zero-order valence-corrected chi connectivity index (χ0v) is 36.8. The molecule has 2 heterocycles. The van der Waals surface area contributed by atoms with Crippen LogP contribution in [-0.2, 0) is 0 Å². The fourth-order valence-corrected chi connectivity index (χ4v) is 14.0. The van der Waals surface area contributed by atoms with Gasteiger partial charge < -0.3 is 0 Å². The normalized spacial score (nSPS) is 12.0. The van der Waals surface area contributed by atoms with Crippen molar-refractivity contribution in [2.75, 3.05) is 0 Å². The Labute approximate surface area is 352 Å². The third kappa shape index (κ3) is 7.23. The number of benzene rings is 6. The van der Waals surface area contributed by atoms with E-state index in [1.165, 1.54) is 54.4 Å². The maximum atomic E-state index is 5.10. The second kappa shape index (κ2) is 16.7. The van der Waals surface area contributed by atoms with E-state index in [0.29, 0.717) is 23.7 Å². The summed E-state index contributed by atoms with van der Waals surface area (Å²) in [6, 6.07) is 54.4. The van der Waals surface area contributed by atoms with E-state index in [1.807, 2.05) is 12.4 Å². The molecule has 6 aromatic carbocycles. The van der Waals surface area contributed by atoms with E-state index in [-0.39, 0.29) is 0 Å². The van der Waals surface area contributed by atoms with Gasteiger partial charge in [-0.2, -0.15) is 0 Å². The lowest BCUT2D eigenvalue weighted by molar-refractivity contribution is 0.806. The molecule has 4 nitrogen and oxygen atoms in total. The molecular weight excluding hydrogens is 733 g/mol. The summed E-state index contributed by atoms with van der Waals surface area (Å²) in [5.41, 5.74) is 10.0. The van der Waals surface area contributed by atoms with Crippen molar-refractivity contribution in [2.45, 2.75) is 79.1 Å². The lowest BCUT2D eigenvalue weighted by atomic mass is 9.92. The quantitative estimate of drug-likeness (QED) is 0.0913. The fourth-order valence-electron chi connectivity index (χ4n) is 9.13. The number of hydrogen-bond donors (Lipinski definition) is 0. The largest absolute Gasteiger partial charge is 0.299 e. The van der Waals surface area contributed by atoms with Crippen LogP contribution in [0.3, 0.4) is 0 Å². The van der Waals surface area contributed by atoms with Crippen molar-refractivity contribution in [2.24, 2.45) is 0 Å². The van der Waals surface area contributed by atoms with Gasteiger partial charge in [0.15, 0.2) is 8.07 Å². The molecule has 0 spiro atoms. The molecule has 296 valence electrons. The van der Waals surface area contributed by atoms with Gasteiger partial charge >= 0.3 is 0 Å². The van der Waals surface area contributed by atoms with Crippen LogP contribution in [0.4, 0.5) is 0 Å². The predicted octanol–water partition coefficient (Wildman–Crippen LogP) is 11.3. The standard InChI is InChI=1S/C54H56N4Si/c1-37(2)47-27-17-28-48(38(3)4)51(47)57-33-31-55-53(57)41-19-15-25-45(35-41)59(43-21-11-9-12-22-43,44-23-13-10-14-24-44)46-26-16-20-42(36-46)54-56-32-34-58(54)52-49(39(5)6)29-18-30-50(52)40(7)8/h9-40H,1-8H3. The Morgan fingerprint density at radius 3 is 1.03 bits per heavy atom. The second-order valence-corrected chi connectivity index (χ2v) is 20.9. The molecule has 0 saturated carbocycles. The molecule has 0 aliphatic heterocycles. The molecule has 0 saturated heterocycles. The summed E-state index contributed by atoms with van der Waals surface area (Å²) < 4.78 is 4.66. The van der Waals surface area contributed by atoms with Gasteiger partial charge in [-0.3, -0.25) is 9.13 Å². The van der Waals surface area contributed by atoms with Crippen LogP contribution in [0.15, 0.2) is 170 Å². The van der Waals surface area contributed by atoms with Gasteiger partial charge in [0.05, 0.1) is 11.4 Å². The minimum atomic E-state index is -2.97. The summed E-state index contributed by atoms with van der Waals surface area (Å²) in [4.78, 5) is 10.2. The van der Waals surface area contributed by atoms with Gasteiger partial charge in [-0.05, 0) is 66.7 Å². The van der Waals surface area contributed by atoms with Gasteiger partial charge in [-0.15, -0.1) is 0 Å². The molecule has 0 unspecified atom stereocenters. The average Bonchev–Trinajstić information content (AvgIpc) is 3.95. The van der Waals surface area contributed by atoms with Crippen LogP contribution >= 0.6 is 0 Å². The Morgan fingerprint density at radius 2 is 0.695 bits per heavy atom. The van der Waals surface area contributed by atoms with Crippen LogP contribution in [0.5, 0.6) is 0 Å². The number of nitrogens with zero attached hydrogens (tertiary/aromatic N) is 4. The second-order valence-electron chi connectivity index (χ2n) is 17.1. The molecule has 0 bridgehead atoms. The monoisotopic (exact) mass is 788 g/mol. The zero-order chi connectivity index (χ0) is 41.3. The van der Waals surface area contributed by atoms with Crippen LogP contribution in [0.2, 0.25) is 0 Å². The fraction of sp³-hybridized carbons (Fsp3) is 0.222. The van der Waals surface area contributed by atoms with Gasteiger partial charge in [0, 0.05) is 35.9 Å². The highest BCUT2D eigenvalue weighted by Crippen LogP contribution is 2.36. The summed E-state index contributed by atoms with van der Waals surface area (Å²) in [5, 5.41) is 5.25. The highest BCUT2D eigenvalue weighted by molar-refractivity contribution is 7.20. The predicted molar refractivity (Wildman–Crippen MR) is 252 cm³/mol. The first-order chi connectivity index (χ1) is 28.6. The van der Waals surface area contributed by atoms with Crippen LogP contribution in [-0.4, -0.2) is 27.2 Å². The molecular formula is C54H56N4Si. The van der Waals surface area contributed by atoms with Gasteiger partial charge in [-0.25, -0.2) is 9.97 Å². The third-order valence-corrected chi connectivity index (χ3v) is 16.7. The Bertz CT molecular complexity index is 2440. The van der Waals surface area contributed by atoms with E-state index >= 15 is 0 Å². The maximum absolute atomic E-state index is 5.10. The van der Waals surface area contributed by atoms with E-state index < -0.39 is 8.07 Å². The Morgan fingerprint density at radius 1 is 0.373 bits per heavy atom. The summed E-state index contributed by atoms with van der Waals surface area (Å²) in [7, 11) is -2.97. The first-order valence-corrected chi connectivity index (χ1v) is 23.3. The molecule has 0 atom stereocenters. The molecule has 8 aromatic rings. The summed E-state index contributed by atoms with van der Waals surface area (Å²) >= 11 is 0. The molecule has 5 heteroatoms. The number of rotatable bonds is 12. The number of aromatic nitrogens is 4. The van der Waals surface area contributed by atoms with E-state index in [2.05, 4.69) is 223 Å². The van der Waals surface area contributed by atoms with Crippen molar-refractivity contribution in [1.82, 2.24) is 19.1 Å². The molecule has 8 rings (SSSR count). The molecule has 0 amide bonds. The number of hydrogen-bond acceptors (Lipinski definition) is 2. The van der Waals surface area contributed by atoms with Crippen molar-refractivity contribution in [1.29, 1.82) is 0 Å². The smallest absolute Gasteiger partial charge is 0.179 e. The topological polar surface area (TPSA) is 35.6 Å². The molecule has 0 aliphatic carbocycles.